The monoisotopic (exact) mass is 336 g/mol. The number of fused-ring (bicyclic) bond motifs is 1. The molecule has 1 N–H and O–H groups in total. The average Bonchev–Trinajstić information content (AvgIpc) is 3.03. The van der Waals surface area contributed by atoms with Crippen LogP contribution in [0.15, 0.2) is 22.7 Å². The molecule has 3 heteroatoms. The lowest BCUT2D eigenvalue weighted by Gasteiger charge is -2.21. The van der Waals surface area contributed by atoms with E-state index in [2.05, 4.69) is 58.2 Å². The van der Waals surface area contributed by atoms with Crippen molar-refractivity contribution in [1.82, 2.24) is 10.2 Å². The average molecular weight is 337 g/mol. The Bertz CT molecular complexity index is 472. The van der Waals surface area contributed by atoms with Crippen LogP contribution in [0.1, 0.15) is 43.9 Å². The number of nitrogens with zero attached hydrogens (tertiary/aromatic N) is 1. The Morgan fingerprint density at radius 1 is 1.35 bits per heavy atom. The second-order valence-corrected chi connectivity index (χ2v) is 7.40. The van der Waals surface area contributed by atoms with Crippen molar-refractivity contribution < 1.29 is 0 Å². The number of halogens is 1. The van der Waals surface area contributed by atoms with Crippen LogP contribution in [0.4, 0.5) is 0 Å². The van der Waals surface area contributed by atoms with Gasteiger partial charge in [0.2, 0.25) is 0 Å². The molecule has 1 aliphatic carbocycles. The second kappa shape index (κ2) is 6.17. The van der Waals surface area contributed by atoms with Gasteiger partial charge in [0.1, 0.15) is 0 Å². The molecule has 0 radical (unpaired) electrons. The van der Waals surface area contributed by atoms with Crippen LogP contribution in [0, 0.1) is 5.92 Å². The van der Waals surface area contributed by atoms with Gasteiger partial charge in [-0.25, -0.2) is 0 Å². The molecule has 1 fully saturated rings. The molecule has 1 aliphatic heterocycles. The van der Waals surface area contributed by atoms with E-state index < -0.39 is 0 Å². The van der Waals surface area contributed by atoms with E-state index in [0.717, 1.165) is 5.92 Å². The number of likely N-dealkylation sites (tertiary alicyclic amines) is 1. The molecule has 2 aliphatic rings. The van der Waals surface area contributed by atoms with E-state index in [1.165, 1.54) is 54.5 Å². The van der Waals surface area contributed by atoms with Crippen molar-refractivity contribution in [1.29, 1.82) is 0 Å². The molecule has 110 valence electrons. The second-order valence-electron chi connectivity index (χ2n) is 6.55. The third kappa shape index (κ3) is 2.95. The summed E-state index contributed by atoms with van der Waals surface area (Å²) in [6.07, 6.45) is 3.80. The van der Waals surface area contributed by atoms with Crippen molar-refractivity contribution in [2.45, 2.75) is 45.2 Å². The Balaban J connectivity index is 1.55. The Morgan fingerprint density at radius 3 is 2.95 bits per heavy atom. The lowest BCUT2D eigenvalue weighted by molar-refractivity contribution is 0.262. The Kier molecular flexibility index (Phi) is 4.49. The first kappa shape index (κ1) is 14.6. The first-order valence-electron chi connectivity index (χ1n) is 7.90. The van der Waals surface area contributed by atoms with Gasteiger partial charge in [0.15, 0.2) is 0 Å². The zero-order valence-electron chi connectivity index (χ0n) is 12.5. The van der Waals surface area contributed by atoms with E-state index in [9.17, 15) is 0 Å². The maximum Gasteiger partial charge on any atom is 0.0326 e. The van der Waals surface area contributed by atoms with Crippen LogP contribution < -0.4 is 5.32 Å². The Morgan fingerprint density at radius 2 is 2.20 bits per heavy atom. The van der Waals surface area contributed by atoms with E-state index in [-0.39, 0.29) is 0 Å². The molecule has 0 amide bonds. The fourth-order valence-corrected chi connectivity index (χ4v) is 4.21. The quantitative estimate of drug-likeness (QED) is 0.900. The summed E-state index contributed by atoms with van der Waals surface area (Å²) < 4.78 is 1.28. The molecule has 1 heterocycles. The normalized spacial score (nSPS) is 26.4. The summed E-state index contributed by atoms with van der Waals surface area (Å²) in [6, 6.07) is 7.89. The van der Waals surface area contributed by atoms with Crippen molar-refractivity contribution in [3.05, 3.63) is 33.8 Å². The molecule has 0 saturated carbocycles. The van der Waals surface area contributed by atoms with Crippen molar-refractivity contribution in [2.75, 3.05) is 19.6 Å². The van der Waals surface area contributed by atoms with Crippen LogP contribution in [-0.2, 0) is 6.42 Å². The molecule has 20 heavy (non-hydrogen) atoms. The van der Waals surface area contributed by atoms with E-state index in [4.69, 9.17) is 0 Å². The number of benzene rings is 1. The number of nitrogens with one attached hydrogen (secondary N) is 1. The molecular weight excluding hydrogens is 312 g/mol. The molecule has 3 rings (SSSR count). The molecule has 1 aromatic rings. The summed E-state index contributed by atoms with van der Waals surface area (Å²) in [5.74, 6) is 0.827. The molecule has 2 nitrogen and oxygen atoms in total. The van der Waals surface area contributed by atoms with Crippen molar-refractivity contribution in [3.8, 4) is 0 Å². The summed E-state index contributed by atoms with van der Waals surface area (Å²) in [4.78, 5) is 2.60. The molecule has 0 bridgehead atoms. The third-order valence-corrected chi connectivity index (χ3v) is 5.66. The molecule has 1 aromatic carbocycles. The van der Waals surface area contributed by atoms with Gasteiger partial charge in [0.25, 0.3) is 0 Å². The number of hydrogen-bond donors (Lipinski definition) is 1. The highest BCUT2D eigenvalue weighted by Crippen LogP contribution is 2.35. The zero-order valence-corrected chi connectivity index (χ0v) is 14.1. The maximum absolute atomic E-state index is 3.82. The van der Waals surface area contributed by atoms with Crippen LogP contribution in [0.25, 0.3) is 0 Å². The molecule has 0 aromatic heterocycles. The third-order valence-electron chi connectivity index (χ3n) is 4.91. The largest absolute Gasteiger partial charge is 0.310 e. The highest BCUT2D eigenvalue weighted by Gasteiger charge is 2.27. The SMILES string of the molecule is CC(C)N1CCC(CNC2CCc3c(Br)cccc32)C1. The van der Waals surface area contributed by atoms with Gasteiger partial charge in [0, 0.05) is 23.1 Å². The molecule has 1 saturated heterocycles. The number of hydrogen-bond acceptors (Lipinski definition) is 2. The van der Waals surface area contributed by atoms with E-state index in [1.807, 2.05) is 0 Å². The van der Waals surface area contributed by atoms with Crippen LogP contribution in [0.2, 0.25) is 0 Å². The fourth-order valence-electron chi connectivity index (χ4n) is 3.63. The number of rotatable bonds is 4. The Labute approximate surface area is 131 Å². The van der Waals surface area contributed by atoms with E-state index >= 15 is 0 Å². The van der Waals surface area contributed by atoms with Gasteiger partial charge in [-0.15, -0.1) is 0 Å². The van der Waals surface area contributed by atoms with Gasteiger partial charge >= 0.3 is 0 Å². The highest BCUT2D eigenvalue weighted by molar-refractivity contribution is 9.10. The van der Waals surface area contributed by atoms with E-state index in [1.54, 1.807) is 0 Å². The molecule has 0 spiro atoms. The van der Waals surface area contributed by atoms with Gasteiger partial charge in [-0.1, -0.05) is 28.1 Å². The van der Waals surface area contributed by atoms with Crippen molar-refractivity contribution in [3.63, 3.8) is 0 Å². The fraction of sp³-hybridized carbons (Fsp3) is 0.647. The maximum atomic E-state index is 3.82. The van der Waals surface area contributed by atoms with Gasteiger partial charge in [-0.3, -0.25) is 0 Å². The summed E-state index contributed by atoms with van der Waals surface area (Å²) in [5, 5.41) is 3.82. The first-order chi connectivity index (χ1) is 9.65. The topological polar surface area (TPSA) is 15.3 Å². The lowest BCUT2D eigenvalue weighted by Crippen LogP contribution is -2.31. The molecular formula is C17H25BrN2. The predicted octanol–water partition coefficient (Wildman–Crippen LogP) is 3.76. The highest BCUT2D eigenvalue weighted by atomic mass is 79.9. The van der Waals surface area contributed by atoms with Crippen LogP contribution in [-0.4, -0.2) is 30.6 Å². The van der Waals surface area contributed by atoms with Gasteiger partial charge in [-0.05, 0) is 69.3 Å². The summed E-state index contributed by atoms with van der Waals surface area (Å²) in [7, 11) is 0. The van der Waals surface area contributed by atoms with Crippen LogP contribution >= 0.6 is 15.9 Å². The Hall–Kier alpha value is -0.380. The molecule has 2 unspecified atom stereocenters. The summed E-state index contributed by atoms with van der Waals surface area (Å²) >= 11 is 3.68. The van der Waals surface area contributed by atoms with Crippen molar-refractivity contribution >= 4 is 15.9 Å². The summed E-state index contributed by atoms with van der Waals surface area (Å²) in [5.41, 5.74) is 3.03. The lowest BCUT2D eigenvalue weighted by atomic mass is 10.1. The van der Waals surface area contributed by atoms with Gasteiger partial charge in [-0.2, -0.15) is 0 Å². The minimum absolute atomic E-state index is 0.565. The minimum Gasteiger partial charge on any atom is -0.310 e. The van der Waals surface area contributed by atoms with Crippen molar-refractivity contribution in [2.24, 2.45) is 5.92 Å². The van der Waals surface area contributed by atoms with Crippen LogP contribution in [0.5, 0.6) is 0 Å². The minimum atomic E-state index is 0.565. The van der Waals surface area contributed by atoms with Gasteiger partial charge in [0.05, 0.1) is 0 Å². The first-order valence-corrected chi connectivity index (χ1v) is 8.69. The zero-order chi connectivity index (χ0) is 14.1. The predicted molar refractivity (Wildman–Crippen MR) is 88.0 cm³/mol. The smallest absolute Gasteiger partial charge is 0.0326 e. The molecule has 2 atom stereocenters. The summed E-state index contributed by atoms with van der Waals surface area (Å²) in [6.45, 7) is 8.32. The standard InChI is InChI=1S/C17H25BrN2/c1-12(2)20-9-8-13(11-20)10-19-17-7-6-14-15(17)4-3-5-16(14)18/h3-5,12-13,17,19H,6-11H2,1-2H3. The van der Waals surface area contributed by atoms with Gasteiger partial charge < -0.3 is 10.2 Å². The van der Waals surface area contributed by atoms with E-state index in [0.29, 0.717) is 12.1 Å². The van der Waals surface area contributed by atoms with Crippen LogP contribution in [0.3, 0.4) is 0 Å².